The molecule has 120 valence electrons. The summed E-state index contributed by atoms with van der Waals surface area (Å²) in [6, 6.07) is 14.7. The van der Waals surface area contributed by atoms with Gasteiger partial charge in [0.2, 0.25) is 5.96 Å². The molecule has 2 aromatic rings. The van der Waals surface area contributed by atoms with Crippen LogP contribution in [-0.4, -0.2) is 24.7 Å². The van der Waals surface area contributed by atoms with Crippen molar-refractivity contribution in [3.8, 4) is 0 Å². The van der Waals surface area contributed by atoms with Crippen LogP contribution in [0.3, 0.4) is 0 Å². The van der Waals surface area contributed by atoms with Gasteiger partial charge in [-0.25, -0.2) is 9.79 Å². The van der Waals surface area contributed by atoms with Gasteiger partial charge in [-0.2, -0.15) is 0 Å². The second kappa shape index (κ2) is 6.69. The van der Waals surface area contributed by atoms with Crippen molar-refractivity contribution >= 4 is 22.8 Å². The highest BCUT2D eigenvalue weighted by Gasteiger charge is 2.27. The number of hydrogen-bond acceptors (Lipinski definition) is 4. The third kappa shape index (κ3) is 3.44. The molecule has 2 aromatic carbocycles. The molecule has 1 aliphatic rings. The number of amides is 1. The molecule has 1 heterocycles. The molecule has 0 saturated heterocycles. The Morgan fingerprint density at radius 1 is 1.26 bits per heavy atom. The summed E-state index contributed by atoms with van der Waals surface area (Å²) in [4.78, 5) is 16.1. The maximum Gasteiger partial charge on any atom is 0.413 e. The van der Waals surface area contributed by atoms with Crippen LogP contribution in [0.15, 0.2) is 47.5 Å². The minimum Gasteiger partial charge on any atom is -0.449 e. The highest BCUT2D eigenvalue weighted by atomic mass is 16.5. The van der Waals surface area contributed by atoms with Crippen molar-refractivity contribution in [2.45, 2.75) is 32.4 Å². The minimum atomic E-state index is -0.468. The van der Waals surface area contributed by atoms with E-state index < -0.39 is 6.09 Å². The molecule has 2 atom stereocenters. The summed E-state index contributed by atoms with van der Waals surface area (Å²) in [6.07, 6.45) is 0.327. The Kier molecular flexibility index (Phi) is 4.46. The topological polar surface area (TPSA) is 62.7 Å². The van der Waals surface area contributed by atoms with E-state index in [0.717, 1.165) is 12.0 Å². The van der Waals surface area contributed by atoms with E-state index in [2.05, 4.69) is 46.0 Å². The Labute approximate surface area is 135 Å². The van der Waals surface area contributed by atoms with Gasteiger partial charge in [0.05, 0.1) is 18.7 Å². The lowest BCUT2D eigenvalue weighted by Crippen LogP contribution is -2.39. The number of rotatable bonds is 3. The van der Waals surface area contributed by atoms with Crippen LogP contribution in [0.5, 0.6) is 0 Å². The molecule has 23 heavy (non-hydrogen) atoms. The quantitative estimate of drug-likeness (QED) is 0.913. The van der Waals surface area contributed by atoms with Gasteiger partial charge in [-0.3, -0.25) is 5.32 Å². The van der Waals surface area contributed by atoms with E-state index in [9.17, 15) is 4.79 Å². The Bertz CT molecular complexity index is 742. The van der Waals surface area contributed by atoms with Gasteiger partial charge in [0.25, 0.3) is 0 Å². The molecule has 0 spiro atoms. The molecular formula is C18H21N3O2. The number of fused-ring (bicyclic) bond motifs is 1. The van der Waals surface area contributed by atoms with Crippen molar-refractivity contribution in [3.63, 3.8) is 0 Å². The Balaban J connectivity index is 1.71. The third-order valence-electron chi connectivity index (χ3n) is 3.90. The van der Waals surface area contributed by atoms with E-state index >= 15 is 0 Å². The summed E-state index contributed by atoms with van der Waals surface area (Å²) in [7, 11) is 0. The van der Waals surface area contributed by atoms with Crippen molar-refractivity contribution < 1.29 is 9.53 Å². The standard InChI is InChI=1S/C18H21N3O2/c1-3-10-23-18(22)21-17-19-12(2)16(20-17)15-9-8-13-6-4-5-7-14(13)11-15/h4-9,11-12,16H,3,10H2,1-2H3,(H2,19,20,21,22). The molecule has 1 amide bonds. The monoisotopic (exact) mass is 311 g/mol. The van der Waals surface area contributed by atoms with Crippen LogP contribution in [0.2, 0.25) is 0 Å². The number of hydrogen-bond donors (Lipinski definition) is 2. The van der Waals surface area contributed by atoms with Gasteiger partial charge >= 0.3 is 6.09 Å². The second-order valence-corrected chi connectivity index (χ2v) is 5.71. The van der Waals surface area contributed by atoms with Gasteiger partial charge in [-0.1, -0.05) is 43.3 Å². The van der Waals surface area contributed by atoms with Crippen LogP contribution in [-0.2, 0) is 4.74 Å². The fourth-order valence-corrected chi connectivity index (χ4v) is 2.74. The first-order valence-corrected chi connectivity index (χ1v) is 7.94. The molecule has 0 radical (unpaired) electrons. The van der Waals surface area contributed by atoms with Crippen molar-refractivity contribution in [2.75, 3.05) is 6.61 Å². The van der Waals surface area contributed by atoms with Crippen LogP contribution in [0.4, 0.5) is 4.79 Å². The minimum absolute atomic E-state index is 0.0395. The second-order valence-electron chi connectivity index (χ2n) is 5.71. The lowest BCUT2D eigenvalue weighted by Gasteiger charge is -2.17. The predicted molar refractivity (Wildman–Crippen MR) is 91.5 cm³/mol. The molecule has 1 aliphatic heterocycles. The number of ether oxygens (including phenoxy) is 1. The predicted octanol–water partition coefficient (Wildman–Crippen LogP) is 3.36. The number of guanidine groups is 1. The summed E-state index contributed by atoms with van der Waals surface area (Å²) in [5.74, 6) is 0.469. The normalized spacial score (nSPS) is 20.0. The van der Waals surface area contributed by atoms with E-state index in [1.807, 2.05) is 26.0 Å². The zero-order chi connectivity index (χ0) is 16.2. The first-order valence-electron chi connectivity index (χ1n) is 7.94. The Hall–Kier alpha value is -2.56. The number of aliphatic imine (C=N–C) groups is 1. The van der Waals surface area contributed by atoms with Crippen LogP contribution in [0.1, 0.15) is 31.9 Å². The third-order valence-corrected chi connectivity index (χ3v) is 3.90. The lowest BCUT2D eigenvalue weighted by molar-refractivity contribution is 0.151. The number of carbonyl (C=O) groups is 1. The number of benzene rings is 2. The average molecular weight is 311 g/mol. The molecule has 0 aliphatic carbocycles. The van der Waals surface area contributed by atoms with E-state index in [4.69, 9.17) is 4.74 Å². The maximum atomic E-state index is 11.6. The largest absolute Gasteiger partial charge is 0.449 e. The van der Waals surface area contributed by atoms with E-state index in [-0.39, 0.29) is 12.1 Å². The highest BCUT2D eigenvalue weighted by molar-refractivity contribution is 5.95. The number of alkyl carbamates (subject to hydrolysis) is 1. The zero-order valence-electron chi connectivity index (χ0n) is 13.4. The molecule has 0 bridgehead atoms. The van der Waals surface area contributed by atoms with E-state index in [1.54, 1.807) is 0 Å². The lowest BCUT2D eigenvalue weighted by atomic mass is 9.98. The summed E-state index contributed by atoms with van der Waals surface area (Å²) in [5.41, 5.74) is 1.15. The van der Waals surface area contributed by atoms with E-state index in [1.165, 1.54) is 10.8 Å². The van der Waals surface area contributed by atoms with Gasteiger partial charge in [0.15, 0.2) is 0 Å². The van der Waals surface area contributed by atoms with Gasteiger partial charge in [0, 0.05) is 0 Å². The molecule has 5 heteroatoms. The van der Waals surface area contributed by atoms with Crippen LogP contribution in [0, 0.1) is 0 Å². The molecule has 3 rings (SSSR count). The van der Waals surface area contributed by atoms with Gasteiger partial charge in [-0.15, -0.1) is 0 Å². The molecule has 0 fully saturated rings. The Morgan fingerprint density at radius 2 is 2.04 bits per heavy atom. The van der Waals surface area contributed by atoms with Crippen molar-refractivity contribution in [1.29, 1.82) is 0 Å². The maximum absolute atomic E-state index is 11.6. The number of carbonyl (C=O) groups excluding carboxylic acids is 1. The molecule has 2 unspecified atom stereocenters. The van der Waals surface area contributed by atoms with Gasteiger partial charge < -0.3 is 10.1 Å². The summed E-state index contributed by atoms with van der Waals surface area (Å²) in [6.45, 7) is 4.39. The summed E-state index contributed by atoms with van der Waals surface area (Å²) < 4.78 is 5.02. The van der Waals surface area contributed by atoms with Crippen molar-refractivity contribution in [3.05, 3.63) is 48.0 Å². The first kappa shape index (κ1) is 15.3. The number of nitrogens with zero attached hydrogens (tertiary/aromatic N) is 1. The van der Waals surface area contributed by atoms with Crippen LogP contribution in [0.25, 0.3) is 10.8 Å². The molecule has 0 saturated carbocycles. The van der Waals surface area contributed by atoms with Crippen LogP contribution >= 0.6 is 0 Å². The van der Waals surface area contributed by atoms with Gasteiger partial charge in [-0.05, 0) is 35.7 Å². The zero-order valence-corrected chi connectivity index (χ0v) is 13.4. The molecule has 5 nitrogen and oxygen atoms in total. The van der Waals surface area contributed by atoms with Crippen molar-refractivity contribution in [2.24, 2.45) is 4.99 Å². The van der Waals surface area contributed by atoms with E-state index in [0.29, 0.717) is 12.6 Å². The molecule has 0 aromatic heterocycles. The smallest absolute Gasteiger partial charge is 0.413 e. The first-order chi connectivity index (χ1) is 11.2. The average Bonchev–Trinajstić information content (AvgIpc) is 2.92. The number of nitrogens with one attached hydrogen (secondary N) is 2. The Morgan fingerprint density at radius 3 is 2.83 bits per heavy atom. The highest BCUT2D eigenvalue weighted by Crippen LogP contribution is 2.26. The fraction of sp³-hybridized carbons (Fsp3) is 0.333. The summed E-state index contributed by atoms with van der Waals surface area (Å²) in [5, 5.41) is 8.34. The van der Waals surface area contributed by atoms with Gasteiger partial charge in [0.1, 0.15) is 0 Å². The molecule has 2 N–H and O–H groups in total. The molecular weight excluding hydrogens is 290 g/mol. The summed E-state index contributed by atoms with van der Waals surface area (Å²) >= 11 is 0. The SMILES string of the molecule is CCCOC(=O)NC1=NC(C)C(c2ccc3ccccc3c2)N1. The fourth-order valence-electron chi connectivity index (χ4n) is 2.74. The van der Waals surface area contributed by atoms with Crippen molar-refractivity contribution in [1.82, 2.24) is 10.6 Å². The van der Waals surface area contributed by atoms with Crippen LogP contribution < -0.4 is 10.6 Å².